The molecule has 0 aliphatic carbocycles. The van der Waals surface area contributed by atoms with Crippen molar-refractivity contribution in [3.8, 4) is 11.3 Å². The Bertz CT molecular complexity index is 849. The maximum Gasteiger partial charge on any atom is 0.271 e. The van der Waals surface area contributed by atoms with E-state index in [0.29, 0.717) is 23.5 Å². The highest BCUT2D eigenvalue weighted by Crippen LogP contribution is 2.20. The van der Waals surface area contributed by atoms with Gasteiger partial charge in [-0.15, -0.1) is 0 Å². The summed E-state index contributed by atoms with van der Waals surface area (Å²) in [4.78, 5) is 43.5. The second-order valence-corrected chi connectivity index (χ2v) is 6.34. The number of carbonyl (C=O) groups excluding carboxylic acids is 3. The zero-order valence-electron chi connectivity index (χ0n) is 16.0. The molecule has 1 aromatic carbocycles. The van der Waals surface area contributed by atoms with Crippen LogP contribution in [0.4, 0.5) is 0 Å². The molecular formula is C20H24N4O3. The number of rotatable bonds is 6. The van der Waals surface area contributed by atoms with E-state index in [1.807, 2.05) is 6.07 Å². The standard InChI is InChI=1S/C20H24N4O3/c1-21-18(25)11-12-24(4)19(26)15-8-5-7-14(13-15)16-9-6-10-17(22-16)20(27)23(2)3/h5-10,13H,11-12H2,1-4H3,(H,21,25). The SMILES string of the molecule is CNC(=O)CCN(C)C(=O)c1cccc(-c2cccc(C(=O)N(C)C)n2)c1. The van der Waals surface area contributed by atoms with Crippen LogP contribution < -0.4 is 5.32 Å². The lowest BCUT2D eigenvalue weighted by atomic mass is 10.1. The summed E-state index contributed by atoms with van der Waals surface area (Å²) >= 11 is 0. The van der Waals surface area contributed by atoms with Crippen LogP contribution in [0, 0.1) is 0 Å². The molecule has 7 heteroatoms. The van der Waals surface area contributed by atoms with Crippen LogP contribution in [-0.2, 0) is 4.79 Å². The van der Waals surface area contributed by atoms with Crippen LogP contribution in [0.1, 0.15) is 27.3 Å². The van der Waals surface area contributed by atoms with Crippen molar-refractivity contribution in [1.82, 2.24) is 20.1 Å². The molecule has 0 radical (unpaired) electrons. The summed E-state index contributed by atoms with van der Waals surface area (Å²) in [6.45, 7) is 0.327. The number of nitrogens with zero attached hydrogens (tertiary/aromatic N) is 3. The first-order valence-electron chi connectivity index (χ1n) is 8.58. The van der Waals surface area contributed by atoms with Gasteiger partial charge in [0.2, 0.25) is 5.91 Å². The maximum absolute atomic E-state index is 12.6. The van der Waals surface area contributed by atoms with E-state index >= 15 is 0 Å². The van der Waals surface area contributed by atoms with E-state index in [-0.39, 0.29) is 24.1 Å². The van der Waals surface area contributed by atoms with Gasteiger partial charge >= 0.3 is 0 Å². The summed E-state index contributed by atoms with van der Waals surface area (Å²) in [7, 11) is 6.57. The van der Waals surface area contributed by atoms with Gasteiger partial charge in [0.1, 0.15) is 5.69 Å². The third kappa shape index (κ3) is 5.13. The summed E-state index contributed by atoms with van der Waals surface area (Å²) in [5.74, 6) is -0.478. The van der Waals surface area contributed by atoms with Crippen molar-refractivity contribution in [2.24, 2.45) is 0 Å². The van der Waals surface area contributed by atoms with Gasteiger partial charge in [-0.05, 0) is 24.3 Å². The molecule has 142 valence electrons. The molecule has 0 aliphatic rings. The Morgan fingerprint density at radius 3 is 2.37 bits per heavy atom. The fraction of sp³-hybridized carbons (Fsp3) is 0.300. The largest absolute Gasteiger partial charge is 0.359 e. The minimum atomic E-state index is -0.182. The van der Waals surface area contributed by atoms with Crippen molar-refractivity contribution in [2.45, 2.75) is 6.42 Å². The second kappa shape index (κ2) is 8.93. The Balaban J connectivity index is 2.22. The number of carbonyl (C=O) groups is 3. The molecule has 27 heavy (non-hydrogen) atoms. The molecule has 1 heterocycles. The van der Waals surface area contributed by atoms with Crippen molar-refractivity contribution in [2.75, 3.05) is 34.7 Å². The van der Waals surface area contributed by atoms with Crippen molar-refractivity contribution in [3.05, 3.63) is 53.7 Å². The number of benzene rings is 1. The Morgan fingerprint density at radius 1 is 1.00 bits per heavy atom. The van der Waals surface area contributed by atoms with E-state index in [1.165, 1.54) is 9.80 Å². The molecule has 0 bridgehead atoms. The molecular weight excluding hydrogens is 344 g/mol. The minimum absolute atomic E-state index is 0.116. The van der Waals surface area contributed by atoms with Crippen molar-refractivity contribution >= 4 is 17.7 Å². The fourth-order valence-corrected chi connectivity index (χ4v) is 2.47. The summed E-state index contributed by atoms with van der Waals surface area (Å²) in [5, 5.41) is 2.54. The minimum Gasteiger partial charge on any atom is -0.359 e. The van der Waals surface area contributed by atoms with E-state index in [0.717, 1.165) is 5.56 Å². The van der Waals surface area contributed by atoms with E-state index in [4.69, 9.17) is 0 Å². The highest BCUT2D eigenvalue weighted by Gasteiger charge is 2.15. The Labute approximate surface area is 159 Å². The van der Waals surface area contributed by atoms with Gasteiger partial charge in [0, 0.05) is 52.3 Å². The van der Waals surface area contributed by atoms with Crippen LogP contribution in [0.5, 0.6) is 0 Å². The van der Waals surface area contributed by atoms with Crippen molar-refractivity contribution < 1.29 is 14.4 Å². The van der Waals surface area contributed by atoms with Crippen molar-refractivity contribution in [3.63, 3.8) is 0 Å². The van der Waals surface area contributed by atoms with Crippen LogP contribution in [0.25, 0.3) is 11.3 Å². The third-order valence-electron chi connectivity index (χ3n) is 4.08. The van der Waals surface area contributed by atoms with E-state index in [1.54, 1.807) is 64.6 Å². The van der Waals surface area contributed by atoms with Gasteiger partial charge in [-0.25, -0.2) is 4.98 Å². The molecule has 2 rings (SSSR count). The molecule has 0 saturated heterocycles. The Morgan fingerprint density at radius 2 is 1.70 bits per heavy atom. The molecule has 0 spiro atoms. The highest BCUT2D eigenvalue weighted by atomic mass is 16.2. The molecule has 7 nitrogen and oxygen atoms in total. The Kier molecular flexibility index (Phi) is 6.65. The second-order valence-electron chi connectivity index (χ2n) is 6.34. The van der Waals surface area contributed by atoms with E-state index < -0.39 is 0 Å². The van der Waals surface area contributed by atoms with Gasteiger partial charge < -0.3 is 15.1 Å². The van der Waals surface area contributed by atoms with Gasteiger partial charge in [-0.2, -0.15) is 0 Å². The summed E-state index contributed by atoms with van der Waals surface area (Å²) in [5.41, 5.74) is 2.20. The van der Waals surface area contributed by atoms with Crippen LogP contribution in [0.15, 0.2) is 42.5 Å². The average molecular weight is 368 g/mol. The van der Waals surface area contributed by atoms with Crippen LogP contribution in [0.3, 0.4) is 0 Å². The zero-order chi connectivity index (χ0) is 20.0. The normalized spacial score (nSPS) is 10.2. The topological polar surface area (TPSA) is 82.6 Å². The number of amides is 3. The van der Waals surface area contributed by atoms with E-state index in [9.17, 15) is 14.4 Å². The van der Waals surface area contributed by atoms with Crippen LogP contribution >= 0.6 is 0 Å². The monoisotopic (exact) mass is 368 g/mol. The summed E-state index contributed by atoms with van der Waals surface area (Å²) in [6, 6.07) is 12.3. The predicted octanol–water partition coefficient (Wildman–Crippen LogP) is 1.66. The molecule has 0 saturated carbocycles. The number of hydrogen-bond acceptors (Lipinski definition) is 4. The first-order chi connectivity index (χ1) is 12.8. The highest BCUT2D eigenvalue weighted by molar-refractivity contribution is 5.96. The predicted molar refractivity (Wildman–Crippen MR) is 103 cm³/mol. The lowest BCUT2D eigenvalue weighted by Crippen LogP contribution is -2.31. The molecule has 0 fully saturated rings. The summed E-state index contributed by atoms with van der Waals surface area (Å²) < 4.78 is 0. The van der Waals surface area contributed by atoms with Gasteiger partial charge in [0.15, 0.2) is 0 Å². The third-order valence-corrected chi connectivity index (χ3v) is 4.08. The summed E-state index contributed by atoms with van der Waals surface area (Å²) in [6.07, 6.45) is 0.245. The molecule has 0 atom stereocenters. The van der Waals surface area contributed by atoms with Gasteiger partial charge in [0.05, 0.1) is 5.69 Å². The first-order valence-corrected chi connectivity index (χ1v) is 8.58. The van der Waals surface area contributed by atoms with Gasteiger partial charge in [0.25, 0.3) is 11.8 Å². The fourth-order valence-electron chi connectivity index (χ4n) is 2.47. The Hall–Kier alpha value is -3.22. The molecule has 1 aromatic heterocycles. The molecule has 2 aromatic rings. The maximum atomic E-state index is 12.6. The smallest absolute Gasteiger partial charge is 0.271 e. The first kappa shape index (κ1) is 20.1. The van der Waals surface area contributed by atoms with Crippen LogP contribution in [-0.4, -0.2) is 67.2 Å². The average Bonchev–Trinajstić information content (AvgIpc) is 2.70. The molecule has 1 N–H and O–H groups in total. The molecule has 3 amide bonds. The van der Waals surface area contributed by atoms with E-state index in [2.05, 4.69) is 10.3 Å². The molecule has 0 aliphatic heterocycles. The van der Waals surface area contributed by atoms with Gasteiger partial charge in [-0.3, -0.25) is 14.4 Å². The number of hydrogen-bond donors (Lipinski definition) is 1. The lowest BCUT2D eigenvalue weighted by Gasteiger charge is -2.17. The zero-order valence-corrected chi connectivity index (χ0v) is 16.0. The van der Waals surface area contributed by atoms with Crippen LogP contribution in [0.2, 0.25) is 0 Å². The number of pyridine rings is 1. The van der Waals surface area contributed by atoms with Crippen molar-refractivity contribution in [1.29, 1.82) is 0 Å². The quantitative estimate of drug-likeness (QED) is 0.841. The lowest BCUT2D eigenvalue weighted by molar-refractivity contribution is -0.120. The molecule has 0 unspecified atom stereocenters. The van der Waals surface area contributed by atoms with Gasteiger partial charge in [-0.1, -0.05) is 18.2 Å². The number of nitrogens with one attached hydrogen (secondary N) is 1. The number of aromatic nitrogens is 1.